The van der Waals surface area contributed by atoms with E-state index in [1.54, 1.807) is 97.2 Å². The summed E-state index contributed by atoms with van der Waals surface area (Å²) >= 11 is 8.61. The Bertz CT molecular complexity index is 2750. The predicted molar refractivity (Wildman–Crippen MR) is 292 cm³/mol. The fourth-order valence-corrected chi connectivity index (χ4v) is 8.62. The maximum Gasteiger partial charge on any atom is 0.244 e. The van der Waals surface area contributed by atoms with Crippen LogP contribution in [0.4, 0.5) is 0 Å². The van der Waals surface area contributed by atoms with Gasteiger partial charge in [0.2, 0.25) is 35.4 Å². The number of rotatable bonds is 32. The number of hydrogen-bond acceptors (Lipinski definition) is 14. The number of aliphatic hydroxyl groups excluding tert-OH is 1. The third-order valence-electron chi connectivity index (χ3n) is 12.2. The van der Waals surface area contributed by atoms with Gasteiger partial charge in [0.05, 0.1) is 18.2 Å². The quantitative estimate of drug-likeness (QED) is 0.0124. The van der Waals surface area contributed by atoms with E-state index < -0.39 is 102 Å². The summed E-state index contributed by atoms with van der Waals surface area (Å²) in [6.07, 6.45) is -0.885. The summed E-state index contributed by atoms with van der Waals surface area (Å²) in [4.78, 5) is 112. The van der Waals surface area contributed by atoms with Gasteiger partial charge in [-0.25, -0.2) is 10.9 Å². The number of carbonyl (C=O) groups excluding carboxylic acids is 8. The molecule has 75 heavy (non-hydrogen) atoms. The summed E-state index contributed by atoms with van der Waals surface area (Å²) in [5.41, 5.74) is 14.6. The number of nitrogens with two attached hydrogens (primary N) is 1. The average molecular weight is 1070 g/mol. The van der Waals surface area contributed by atoms with Crippen molar-refractivity contribution in [3.8, 4) is 0 Å². The Hall–Kier alpha value is -6.88. The maximum atomic E-state index is 14.3. The van der Waals surface area contributed by atoms with E-state index >= 15 is 0 Å². The number of aromatic amines is 1. The number of fused-ring (bicyclic) bond motifs is 1. The number of hydrazine groups is 1. The van der Waals surface area contributed by atoms with Gasteiger partial charge in [-0.3, -0.25) is 28.8 Å². The Morgan fingerprint density at radius 2 is 1.00 bits per heavy atom. The van der Waals surface area contributed by atoms with E-state index in [-0.39, 0.29) is 43.6 Å². The van der Waals surface area contributed by atoms with Crippen molar-refractivity contribution in [3.05, 3.63) is 144 Å². The number of amides is 6. The standard InChI is InChI=1S/C54H68N10O9S2/c1-34(67)48(64-63-47(33-75)53(72)60-44(26-36-17-7-3-8-18-36)51(70)62-46(32-74)52(71)57-39(30-65)25-35-15-5-2-6-16-35)54(73)61-45(27-37-19-9-4-10-20-37)50(69)59-43(23-13-14-24-55)49(68)58-40(31-66)28-38-29-56-42-22-12-11-21-41(38)42/h2-12,15-22,29-31,34,39-40,43-48,56,63-64,67,74-75H,13-14,23-28,32-33,55H2,1H3,(H,57,71)(H,58,68)(H,59,69)(H,60,72)(H,61,73)(H,62,70)/t34-,39+,40+,43+,44+,45+,46+,47+,48+/m1/s1/i30D,31D. The molecule has 1 heterocycles. The Balaban J connectivity index is 1.28. The molecule has 21 heteroatoms. The van der Waals surface area contributed by atoms with E-state index in [1.165, 1.54) is 6.92 Å². The van der Waals surface area contributed by atoms with Gasteiger partial charge in [0.15, 0.2) is 0 Å². The summed E-state index contributed by atoms with van der Waals surface area (Å²) in [7, 11) is 0. The molecular weight excluding hydrogens is 997 g/mol. The van der Waals surface area contributed by atoms with Gasteiger partial charge >= 0.3 is 0 Å². The molecule has 1 aromatic heterocycles. The molecule has 0 bridgehead atoms. The fourth-order valence-electron chi connectivity index (χ4n) is 8.10. The molecule has 6 amide bonds. The van der Waals surface area contributed by atoms with E-state index in [9.17, 15) is 43.5 Å². The second kappa shape index (κ2) is 31.1. The van der Waals surface area contributed by atoms with E-state index in [1.807, 2.05) is 24.3 Å². The number of aromatic nitrogens is 1. The fraction of sp³-hybridized carbons (Fsp3) is 0.370. The van der Waals surface area contributed by atoms with Crippen LogP contribution in [-0.2, 0) is 64.0 Å². The van der Waals surface area contributed by atoms with Gasteiger partial charge in [0.1, 0.15) is 51.5 Å². The highest BCUT2D eigenvalue weighted by Crippen LogP contribution is 2.19. The first-order chi connectivity index (χ1) is 37.0. The summed E-state index contributed by atoms with van der Waals surface area (Å²) in [6, 6.07) is 23.2. The van der Waals surface area contributed by atoms with Crippen molar-refractivity contribution in [2.75, 3.05) is 18.1 Å². The molecule has 0 unspecified atom stereocenters. The lowest BCUT2D eigenvalue weighted by Crippen LogP contribution is -2.64. The lowest BCUT2D eigenvalue weighted by molar-refractivity contribution is -0.134. The van der Waals surface area contributed by atoms with Crippen LogP contribution < -0.4 is 48.5 Å². The summed E-state index contributed by atoms with van der Waals surface area (Å²) in [6.45, 7) is 1.61. The molecule has 0 saturated carbocycles. The zero-order valence-corrected chi connectivity index (χ0v) is 43.3. The highest BCUT2D eigenvalue weighted by Gasteiger charge is 2.34. The van der Waals surface area contributed by atoms with Crippen molar-refractivity contribution in [1.82, 2.24) is 47.7 Å². The average Bonchev–Trinajstić information content (AvgIpc) is 3.83. The topological polar surface area (TPSA) is 295 Å². The van der Waals surface area contributed by atoms with Gasteiger partial charge in [0.25, 0.3) is 0 Å². The molecule has 0 spiro atoms. The zero-order chi connectivity index (χ0) is 55.9. The summed E-state index contributed by atoms with van der Waals surface area (Å²) in [5, 5.41) is 27.6. The number of aldehydes is 2. The van der Waals surface area contributed by atoms with Crippen LogP contribution in [0.3, 0.4) is 0 Å². The van der Waals surface area contributed by atoms with Crippen LogP contribution in [0.1, 0.15) is 51.2 Å². The van der Waals surface area contributed by atoms with Gasteiger partial charge in [0, 0.05) is 47.9 Å². The number of hydrogen-bond donors (Lipinski definition) is 13. The van der Waals surface area contributed by atoms with Gasteiger partial charge in [-0.1, -0.05) is 109 Å². The van der Waals surface area contributed by atoms with Crippen LogP contribution in [0.5, 0.6) is 0 Å². The van der Waals surface area contributed by atoms with Gasteiger partial charge in [-0.05, 0) is 67.5 Å². The predicted octanol–water partition coefficient (Wildman–Crippen LogP) is 0.946. The number of thiol groups is 2. The normalized spacial score (nSPS) is 15.2. The molecule has 0 aliphatic heterocycles. The maximum absolute atomic E-state index is 14.3. The number of H-pyrrole nitrogens is 1. The first kappa shape index (κ1) is 55.9. The molecule has 5 aromatic rings. The lowest BCUT2D eigenvalue weighted by atomic mass is 10.0. The highest BCUT2D eigenvalue weighted by atomic mass is 32.1. The van der Waals surface area contributed by atoms with Crippen molar-refractivity contribution in [2.24, 2.45) is 5.73 Å². The van der Waals surface area contributed by atoms with Crippen LogP contribution in [0, 0.1) is 0 Å². The van der Waals surface area contributed by atoms with Crippen molar-refractivity contribution in [2.45, 2.75) is 106 Å². The summed E-state index contributed by atoms with van der Waals surface area (Å²) < 4.78 is 15.8. The van der Waals surface area contributed by atoms with E-state index in [4.69, 9.17) is 8.48 Å². The molecule has 19 nitrogen and oxygen atoms in total. The van der Waals surface area contributed by atoms with Crippen molar-refractivity contribution in [1.29, 1.82) is 0 Å². The molecular formula is C54H68N10O9S2. The minimum absolute atomic E-state index is 0.00197. The van der Waals surface area contributed by atoms with Crippen molar-refractivity contribution < 1.29 is 46.2 Å². The minimum atomic E-state index is -1.52. The second-order valence-corrected chi connectivity index (χ2v) is 18.7. The smallest absolute Gasteiger partial charge is 0.244 e. The number of carbonyl (C=O) groups is 8. The molecule has 12 N–H and O–H groups in total. The molecule has 0 fully saturated rings. The molecule has 400 valence electrons. The first-order valence-electron chi connectivity index (χ1n) is 25.6. The lowest BCUT2D eigenvalue weighted by Gasteiger charge is -2.28. The minimum Gasteiger partial charge on any atom is -0.391 e. The molecule has 0 aliphatic rings. The van der Waals surface area contributed by atoms with Crippen LogP contribution in [0.25, 0.3) is 10.9 Å². The number of aliphatic hydroxyl groups is 1. The Labute approximate surface area is 450 Å². The van der Waals surface area contributed by atoms with Gasteiger partial charge < -0.3 is 57.3 Å². The third-order valence-corrected chi connectivity index (χ3v) is 12.9. The second-order valence-electron chi connectivity index (χ2n) is 17.9. The van der Waals surface area contributed by atoms with E-state index in [0.717, 1.165) is 10.9 Å². The highest BCUT2D eigenvalue weighted by molar-refractivity contribution is 7.80. The SMILES string of the molecule is [2H]C(=O)[C@H](Cc1ccccc1)NC(=O)[C@H](CS)NC(=O)[C@H](Cc1ccccc1)NC(=O)[C@H](CS)NN[C@H](C(=O)N[C@@H](Cc1ccccc1)C(=O)N[C@@H](CCCCN)C(=O)N[C@@H](Cc1c[nH]c2ccccc12)C([2H])=O)[C@@H](C)O. The number of nitrogens with one attached hydrogen (secondary N) is 9. The molecule has 0 aliphatic carbocycles. The van der Waals surface area contributed by atoms with Crippen LogP contribution >= 0.6 is 25.3 Å². The van der Waals surface area contributed by atoms with Crippen LogP contribution in [0.2, 0.25) is 0 Å². The Morgan fingerprint density at radius 3 is 1.52 bits per heavy atom. The monoisotopic (exact) mass is 1070 g/mol. The van der Waals surface area contributed by atoms with Gasteiger partial charge in [-0.2, -0.15) is 25.3 Å². The first-order valence-corrected chi connectivity index (χ1v) is 25.9. The number of para-hydroxylation sites is 1. The molecule has 4 aromatic carbocycles. The molecule has 5 rings (SSSR count). The Kier molecular flexibility index (Phi) is 23.2. The molecule has 0 saturated heterocycles. The van der Waals surface area contributed by atoms with E-state index in [2.05, 4.69) is 73.0 Å². The molecule has 9 atom stereocenters. The van der Waals surface area contributed by atoms with Gasteiger partial charge in [-0.15, -0.1) is 0 Å². The third kappa shape index (κ3) is 18.8. The Morgan fingerprint density at radius 1 is 0.560 bits per heavy atom. The summed E-state index contributed by atoms with van der Waals surface area (Å²) in [5.74, 6) is -5.14. The largest absolute Gasteiger partial charge is 0.391 e. The molecule has 0 radical (unpaired) electrons. The van der Waals surface area contributed by atoms with Crippen LogP contribution in [0.15, 0.2) is 121 Å². The van der Waals surface area contributed by atoms with E-state index in [0.29, 0.717) is 41.6 Å². The van der Waals surface area contributed by atoms with Crippen LogP contribution in [-0.4, -0.2) is 131 Å². The van der Waals surface area contributed by atoms with Crippen molar-refractivity contribution in [3.63, 3.8) is 0 Å². The van der Waals surface area contributed by atoms with Crippen molar-refractivity contribution >= 4 is 84.1 Å². The zero-order valence-electron chi connectivity index (χ0n) is 43.5. The number of unbranched alkanes of at least 4 members (excludes halogenated alkanes) is 1. The number of benzene rings is 4.